The first-order chi connectivity index (χ1) is 9.35. The molecule has 0 aliphatic carbocycles. The lowest BCUT2D eigenvalue weighted by Crippen LogP contribution is -2.09. The summed E-state index contributed by atoms with van der Waals surface area (Å²) < 4.78 is 5.64. The van der Waals surface area contributed by atoms with Crippen LogP contribution in [0.25, 0.3) is 0 Å². The quantitative estimate of drug-likeness (QED) is 0.468. The van der Waals surface area contributed by atoms with Gasteiger partial charge in [-0.3, -0.25) is 4.79 Å². The molecule has 0 aromatic heterocycles. The summed E-state index contributed by atoms with van der Waals surface area (Å²) in [6.45, 7) is 5.89. The molecule has 0 bridgehead atoms. The smallest absolute Gasteiger partial charge is 0.163 e. The Morgan fingerprint density at radius 1 is 1.40 bits per heavy atom. The average Bonchev–Trinajstić information content (AvgIpc) is 2.39. The molecule has 0 unspecified atom stereocenters. The summed E-state index contributed by atoms with van der Waals surface area (Å²) in [5, 5.41) is 8.92. The molecular formula is C16H22N2O2. The first-order valence-electron chi connectivity index (χ1n) is 6.80. The van der Waals surface area contributed by atoms with Crippen LogP contribution in [0.1, 0.15) is 50.4 Å². The van der Waals surface area contributed by atoms with Crippen LogP contribution in [0.4, 0.5) is 5.69 Å². The predicted molar refractivity (Wildman–Crippen MR) is 79.6 cm³/mol. The van der Waals surface area contributed by atoms with Crippen LogP contribution in [0.15, 0.2) is 18.2 Å². The van der Waals surface area contributed by atoms with E-state index in [9.17, 15) is 4.79 Å². The van der Waals surface area contributed by atoms with E-state index in [0.717, 1.165) is 19.3 Å². The van der Waals surface area contributed by atoms with Crippen molar-refractivity contribution in [3.05, 3.63) is 23.8 Å². The van der Waals surface area contributed by atoms with E-state index in [1.807, 2.05) is 13.8 Å². The number of nitriles is 1. The number of Topliss-reactive ketones (excluding diaryl/α,β-unsaturated/α-hetero) is 1. The topological polar surface area (TPSA) is 76.1 Å². The van der Waals surface area contributed by atoms with Crippen LogP contribution in [0, 0.1) is 16.7 Å². The van der Waals surface area contributed by atoms with Gasteiger partial charge in [0.2, 0.25) is 0 Å². The van der Waals surface area contributed by atoms with Crippen molar-refractivity contribution in [3.8, 4) is 11.8 Å². The van der Waals surface area contributed by atoms with Crippen molar-refractivity contribution >= 4 is 11.5 Å². The van der Waals surface area contributed by atoms with Crippen LogP contribution in [-0.4, -0.2) is 12.4 Å². The molecule has 20 heavy (non-hydrogen) atoms. The van der Waals surface area contributed by atoms with Crippen LogP contribution >= 0.6 is 0 Å². The molecule has 0 fully saturated rings. The van der Waals surface area contributed by atoms with E-state index >= 15 is 0 Å². The molecular weight excluding hydrogens is 252 g/mol. The number of nitrogen functional groups attached to an aromatic ring is 1. The molecule has 0 atom stereocenters. The monoisotopic (exact) mass is 274 g/mol. The van der Waals surface area contributed by atoms with Crippen LogP contribution in [0.3, 0.4) is 0 Å². The lowest BCUT2D eigenvalue weighted by molar-refractivity contribution is 0.101. The number of carbonyl (C=O) groups is 1. The number of benzene rings is 1. The maximum atomic E-state index is 11.5. The summed E-state index contributed by atoms with van der Waals surface area (Å²) >= 11 is 0. The maximum absolute atomic E-state index is 11.5. The van der Waals surface area contributed by atoms with Crippen molar-refractivity contribution in [1.29, 1.82) is 5.26 Å². The molecule has 0 saturated heterocycles. The van der Waals surface area contributed by atoms with Crippen LogP contribution < -0.4 is 10.5 Å². The lowest BCUT2D eigenvalue weighted by Gasteiger charge is -2.15. The Balaban J connectivity index is 2.47. The summed E-state index contributed by atoms with van der Waals surface area (Å²) in [7, 11) is 0. The average molecular weight is 274 g/mol. The predicted octanol–water partition coefficient (Wildman–Crippen LogP) is 3.57. The Bertz CT molecular complexity index is 516. The van der Waals surface area contributed by atoms with Crippen LogP contribution in [0.5, 0.6) is 5.75 Å². The van der Waals surface area contributed by atoms with Crippen molar-refractivity contribution in [1.82, 2.24) is 0 Å². The van der Waals surface area contributed by atoms with Crippen molar-refractivity contribution in [3.63, 3.8) is 0 Å². The van der Waals surface area contributed by atoms with E-state index in [1.165, 1.54) is 6.92 Å². The Morgan fingerprint density at radius 3 is 2.70 bits per heavy atom. The van der Waals surface area contributed by atoms with Gasteiger partial charge in [-0.05, 0) is 58.2 Å². The number of ketones is 1. The molecule has 1 aromatic rings. The van der Waals surface area contributed by atoms with Gasteiger partial charge < -0.3 is 10.5 Å². The second-order valence-corrected chi connectivity index (χ2v) is 5.61. The number of hydrogen-bond acceptors (Lipinski definition) is 4. The van der Waals surface area contributed by atoms with Gasteiger partial charge >= 0.3 is 0 Å². The number of unbranched alkanes of at least 4 members (excludes halogenated alkanes) is 1. The minimum absolute atomic E-state index is 0.0575. The Morgan fingerprint density at radius 2 is 2.10 bits per heavy atom. The van der Waals surface area contributed by atoms with Crippen molar-refractivity contribution in [2.75, 3.05) is 12.3 Å². The standard InChI is InChI=1S/C16H22N2O2/c1-12(19)14-10-13(18)6-7-15(14)20-9-5-4-8-16(2,3)11-17/h6-7,10H,4-5,8-9,18H2,1-3H3. The number of nitrogens with two attached hydrogens (primary N) is 1. The Labute approximate surface area is 120 Å². The summed E-state index contributed by atoms with van der Waals surface area (Å²) in [6, 6.07) is 7.37. The second-order valence-electron chi connectivity index (χ2n) is 5.61. The zero-order valence-electron chi connectivity index (χ0n) is 12.4. The van der Waals surface area contributed by atoms with Gasteiger partial charge in [0.1, 0.15) is 5.75 Å². The van der Waals surface area contributed by atoms with Gasteiger partial charge in [-0.15, -0.1) is 0 Å². The molecule has 1 aromatic carbocycles. The number of anilines is 1. The molecule has 0 aliphatic rings. The van der Waals surface area contributed by atoms with Gasteiger partial charge in [-0.2, -0.15) is 5.26 Å². The molecule has 0 saturated carbocycles. The van der Waals surface area contributed by atoms with E-state index in [0.29, 0.717) is 23.6 Å². The highest BCUT2D eigenvalue weighted by Crippen LogP contribution is 2.24. The highest BCUT2D eigenvalue weighted by atomic mass is 16.5. The number of carbonyl (C=O) groups excluding carboxylic acids is 1. The fraction of sp³-hybridized carbons (Fsp3) is 0.500. The lowest BCUT2D eigenvalue weighted by atomic mass is 9.89. The zero-order valence-corrected chi connectivity index (χ0v) is 12.4. The molecule has 4 nitrogen and oxygen atoms in total. The summed E-state index contributed by atoms with van der Waals surface area (Å²) in [6.07, 6.45) is 2.62. The van der Waals surface area contributed by atoms with Gasteiger partial charge in [-0.25, -0.2) is 0 Å². The first-order valence-corrected chi connectivity index (χ1v) is 6.80. The zero-order chi connectivity index (χ0) is 15.2. The molecule has 0 heterocycles. The van der Waals surface area contributed by atoms with Crippen molar-refractivity contribution < 1.29 is 9.53 Å². The van der Waals surface area contributed by atoms with E-state index in [-0.39, 0.29) is 11.2 Å². The van der Waals surface area contributed by atoms with Gasteiger partial charge in [-0.1, -0.05) is 0 Å². The van der Waals surface area contributed by atoms with Crippen LogP contribution in [-0.2, 0) is 0 Å². The molecule has 1 rings (SSSR count). The first kappa shape index (κ1) is 16.0. The van der Waals surface area contributed by atoms with Gasteiger partial charge in [0.05, 0.1) is 23.7 Å². The largest absolute Gasteiger partial charge is 0.493 e. The Hall–Kier alpha value is -2.02. The SMILES string of the molecule is CC(=O)c1cc(N)ccc1OCCCCC(C)(C)C#N. The molecule has 0 aliphatic heterocycles. The highest BCUT2D eigenvalue weighted by molar-refractivity contribution is 5.97. The van der Waals surface area contributed by atoms with E-state index in [1.54, 1.807) is 18.2 Å². The van der Waals surface area contributed by atoms with Gasteiger partial charge in [0.15, 0.2) is 5.78 Å². The number of rotatable bonds is 7. The van der Waals surface area contributed by atoms with Gasteiger partial charge in [0, 0.05) is 5.69 Å². The fourth-order valence-electron chi connectivity index (χ4n) is 1.86. The normalized spacial score (nSPS) is 10.9. The van der Waals surface area contributed by atoms with E-state index in [4.69, 9.17) is 15.7 Å². The molecule has 0 spiro atoms. The minimum Gasteiger partial charge on any atom is -0.493 e. The third kappa shape index (κ3) is 4.93. The van der Waals surface area contributed by atoms with E-state index in [2.05, 4.69) is 6.07 Å². The van der Waals surface area contributed by atoms with Crippen molar-refractivity contribution in [2.45, 2.75) is 40.0 Å². The van der Waals surface area contributed by atoms with Crippen molar-refractivity contribution in [2.24, 2.45) is 5.41 Å². The molecule has 108 valence electrons. The number of nitrogens with zero attached hydrogens (tertiary/aromatic N) is 1. The van der Waals surface area contributed by atoms with Gasteiger partial charge in [0.25, 0.3) is 0 Å². The summed E-state index contributed by atoms with van der Waals surface area (Å²) in [5.74, 6) is 0.518. The third-order valence-corrected chi connectivity index (χ3v) is 3.14. The molecule has 0 amide bonds. The molecule has 0 radical (unpaired) electrons. The maximum Gasteiger partial charge on any atom is 0.163 e. The molecule has 4 heteroatoms. The fourth-order valence-corrected chi connectivity index (χ4v) is 1.86. The Kier molecular flexibility index (Phi) is 5.57. The molecule has 2 N–H and O–H groups in total. The van der Waals surface area contributed by atoms with E-state index < -0.39 is 0 Å². The third-order valence-electron chi connectivity index (χ3n) is 3.14. The number of hydrogen-bond donors (Lipinski definition) is 1. The summed E-state index contributed by atoms with van der Waals surface area (Å²) in [4.78, 5) is 11.5. The minimum atomic E-state index is -0.286. The van der Waals surface area contributed by atoms with Crippen LogP contribution in [0.2, 0.25) is 0 Å². The number of ether oxygens (including phenoxy) is 1. The summed E-state index contributed by atoms with van der Waals surface area (Å²) in [5.41, 5.74) is 6.45. The second kappa shape index (κ2) is 6.95. The highest BCUT2D eigenvalue weighted by Gasteiger charge is 2.15.